The molecule has 1 heterocycles. The number of aromatic nitrogens is 2. The Balaban J connectivity index is 1.92. The predicted molar refractivity (Wildman–Crippen MR) is 92.8 cm³/mol. The van der Waals surface area contributed by atoms with Gasteiger partial charge in [0.05, 0.1) is 24.7 Å². The predicted octanol–water partition coefficient (Wildman–Crippen LogP) is 4.40. The first-order valence-corrected chi connectivity index (χ1v) is 7.70. The maximum Gasteiger partial charge on any atom is 0.110 e. The Morgan fingerprint density at radius 3 is 2.33 bits per heavy atom. The van der Waals surface area contributed by atoms with Crippen LogP contribution in [0.3, 0.4) is 0 Å². The summed E-state index contributed by atoms with van der Waals surface area (Å²) in [5.41, 5.74) is 4.73. The zero-order valence-corrected chi connectivity index (χ0v) is 13.1. The van der Waals surface area contributed by atoms with Gasteiger partial charge in [-0.2, -0.15) is 15.3 Å². The molecule has 0 amide bonds. The minimum Gasteiger partial charge on any atom is -0.271 e. The highest BCUT2D eigenvalue weighted by atomic mass is 16.3. The fourth-order valence-electron chi connectivity index (χ4n) is 2.62. The summed E-state index contributed by atoms with van der Waals surface area (Å²) < 4.78 is 1.70. The average Bonchev–Trinajstić information content (AvgIpc) is 3.04. The van der Waals surface area contributed by atoms with Gasteiger partial charge in [0.25, 0.3) is 0 Å². The average molecular weight is 316 g/mol. The molecule has 24 heavy (non-hydrogen) atoms. The van der Waals surface area contributed by atoms with Crippen LogP contribution < -0.4 is 0 Å². The smallest absolute Gasteiger partial charge is 0.110 e. The molecule has 0 aliphatic rings. The molecule has 3 rings (SSSR count). The summed E-state index contributed by atoms with van der Waals surface area (Å²) in [6.07, 6.45) is 2.17. The quantitative estimate of drug-likeness (QED) is 0.633. The normalized spacial score (nSPS) is 10.3. The van der Waals surface area contributed by atoms with Crippen molar-refractivity contribution >= 4 is 0 Å². The molecule has 1 aromatic heterocycles. The van der Waals surface area contributed by atoms with E-state index in [0.717, 1.165) is 27.9 Å². The van der Waals surface area contributed by atoms with Crippen LogP contribution in [0.2, 0.25) is 0 Å². The molecule has 2 aromatic carbocycles. The van der Waals surface area contributed by atoms with Gasteiger partial charge in [-0.1, -0.05) is 59.8 Å². The Kier molecular flexibility index (Phi) is 4.78. The highest BCUT2D eigenvalue weighted by Crippen LogP contribution is 2.26. The van der Waals surface area contributed by atoms with E-state index in [1.165, 1.54) is 0 Å². The van der Waals surface area contributed by atoms with Crippen molar-refractivity contribution in [2.75, 3.05) is 0 Å². The van der Waals surface area contributed by atoms with Crippen molar-refractivity contribution in [3.63, 3.8) is 0 Å². The van der Waals surface area contributed by atoms with Crippen LogP contribution in [0.25, 0.3) is 22.4 Å². The van der Waals surface area contributed by atoms with E-state index in [-0.39, 0.29) is 6.54 Å². The summed E-state index contributed by atoms with van der Waals surface area (Å²) in [6.45, 7) is 0.576. The van der Waals surface area contributed by atoms with Gasteiger partial charge in [-0.05, 0) is 11.1 Å². The van der Waals surface area contributed by atoms with E-state index in [1.54, 1.807) is 10.9 Å². The van der Waals surface area contributed by atoms with Gasteiger partial charge in [-0.15, -0.1) is 0 Å². The maximum atomic E-state index is 10.7. The van der Waals surface area contributed by atoms with Gasteiger partial charge in [0.2, 0.25) is 0 Å². The first-order chi connectivity index (χ1) is 11.8. The van der Waals surface area contributed by atoms with Gasteiger partial charge in [-0.25, -0.2) is 0 Å². The number of rotatable bonds is 6. The number of nitriles is 1. The van der Waals surface area contributed by atoms with E-state index in [9.17, 15) is 4.91 Å². The summed E-state index contributed by atoms with van der Waals surface area (Å²) in [4.78, 5) is 10.7. The number of aryl methyl sites for hydroxylation is 1. The van der Waals surface area contributed by atoms with E-state index in [2.05, 4.69) is 28.5 Å². The number of hydrogen-bond donors (Lipinski definition) is 0. The Hall–Kier alpha value is -3.26. The molecule has 0 atom stereocenters. The molecule has 0 radical (unpaired) electrons. The van der Waals surface area contributed by atoms with Crippen LogP contribution in [0.4, 0.5) is 0 Å². The van der Waals surface area contributed by atoms with Crippen LogP contribution in [0.5, 0.6) is 0 Å². The molecule has 0 N–H and O–H groups in total. The summed E-state index contributed by atoms with van der Waals surface area (Å²) in [7, 11) is 0. The molecule has 0 aliphatic heterocycles. The fourth-order valence-corrected chi connectivity index (χ4v) is 2.62. The second-order valence-electron chi connectivity index (χ2n) is 5.40. The third-order valence-corrected chi connectivity index (χ3v) is 3.79. The van der Waals surface area contributed by atoms with Gasteiger partial charge in [0.1, 0.15) is 6.54 Å². The Morgan fingerprint density at radius 1 is 1.00 bits per heavy atom. The second-order valence-corrected chi connectivity index (χ2v) is 5.40. The molecule has 118 valence electrons. The monoisotopic (exact) mass is 316 g/mol. The van der Waals surface area contributed by atoms with Crippen molar-refractivity contribution in [3.8, 4) is 28.5 Å². The number of nitrogens with zero attached hydrogens (tertiary/aromatic N) is 4. The molecule has 0 saturated heterocycles. The van der Waals surface area contributed by atoms with Crippen LogP contribution >= 0.6 is 0 Å². The van der Waals surface area contributed by atoms with E-state index in [0.29, 0.717) is 13.0 Å². The van der Waals surface area contributed by atoms with E-state index >= 15 is 0 Å². The molecule has 0 fully saturated rings. The van der Waals surface area contributed by atoms with Gasteiger partial charge < -0.3 is 0 Å². The molecule has 5 nitrogen and oxygen atoms in total. The van der Waals surface area contributed by atoms with Crippen molar-refractivity contribution in [1.29, 1.82) is 5.26 Å². The Labute approximate surface area is 140 Å². The first kappa shape index (κ1) is 15.6. The number of hydrogen-bond acceptors (Lipinski definition) is 4. The van der Waals surface area contributed by atoms with Gasteiger partial charge in [0.15, 0.2) is 0 Å². The van der Waals surface area contributed by atoms with Gasteiger partial charge >= 0.3 is 0 Å². The molecule has 0 spiro atoms. The fraction of sp³-hybridized carbons (Fsp3) is 0.158. The third-order valence-electron chi connectivity index (χ3n) is 3.79. The number of nitroso groups, excluding NO2 is 1. The largest absolute Gasteiger partial charge is 0.271 e. The molecule has 0 bridgehead atoms. The molecule has 5 heteroatoms. The van der Waals surface area contributed by atoms with Crippen LogP contribution in [-0.4, -0.2) is 9.78 Å². The molecule has 3 aromatic rings. The van der Waals surface area contributed by atoms with E-state index in [4.69, 9.17) is 5.26 Å². The van der Waals surface area contributed by atoms with Gasteiger partial charge in [0, 0.05) is 17.3 Å². The van der Waals surface area contributed by atoms with Crippen molar-refractivity contribution in [2.45, 2.75) is 19.5 Å². The topological polar surface area (TPSA) is 71.0 Å². The van der Waals surface area contributed by atoms with Crippen molar-refractivity contribution in [1.82, 2.24) is 9.78 Å². The zero-order chi connectivity index (χ0) is 16.8. The standard InChI is InChI=1S/C19H16N4O/c20-11-4-12-23-14-18(13-21-24)19(22-23)17-9-7-16(8-10-17)15-5-2-1-3-6-15/h1-3,5-10,14H,4,12-13H2. The highest BCUT2D eigenvalue weighted by Gasteiger charge is 2.11. The Morgan fingerprint density at radius 2 is 1.67 bits per heavy atom. The van der Waals surface area contributed by atoms with Crippen molar-refractivity contribution in [3.05, 3.63) is 71.3 Å². The number of benzene rings is 2. The minimum absolute atomic E-state index is 0.0717. The molecular formula is C19H16N4O. The van der Waals surface area contributed by atoms with E-state index < -0.39 is 0 Å². The SMILES string of the molecule is N#CCCn1cc(CN=O)c(-c2ccc(-c3ccccc3)cc2)n1. The van der Waals surface area contributed by atoms with Crippen LogP contribution in [0.15, 0.2) is 66.0 Å². The van der Waals surface area contributed by atoms with E-state index in [1.807, 2.05) is 42.5 Å². The lowest BCUT2D eigenvalue weighted by Gasteiger charge is -2.04. The lowest BCUT2D eigenvalue weighted by Crippen LogP contribution is -1.97. The second kappa shape index (κ2) is 7.34. The molecular weight excluding hydrogens is 300 g/mol. The lowest BCUT2D eigenvalue weighted by molar-refractivity contribution is 0.629. The molecule has 0 unspecified atom stereocenters. The summed E-state index contributed by atoms with van der Waals surface area (Å²) in [6, 6.07) is 20.3. The molecule has 0 aliphatic carbocycles. The van der Waals surface area contributed by atoms with Gasteiger partial charge in [-0.3, -0.25) is 4.68 Å². The van der Waals surface area contributed by atoms with Crippen LogP contribution in [-0.2, 0) is 13.1 Å². The van der Waals surface area contributed by atoms with Crippen molar-refractivity contribution in [2.24, 2.45) is 5.18 Å². The van der Waals surface area contributed by atoms with Crippen LogP contribution in [0, 0.1) is 16.2 Å². The summed E-state index contributed by atoms with van der Waals surface area (Å²) in [5, 5.41) is 16.2. The Bertz CT molecular complexity index is 861. The minimum atomic E-state index is 0.0717. The summed E-state index contributed by atoms with van der Waals surface area (Å²) in [5.74, 6) is 0. The summed E-state index contributed by atoms with van der Waals surface area (Å²) >= 11 is 0. The maximum absolute atomic E-state index is 10.7. The first-order valence-electron chi connectivity index (χ1n) is 7.70. The lowest BCUT2D eigenvalue weighted by atomic mass is 10.0. The zero-order valence-electron chi connectivity index (χ0n) is 13.1. The molecule has 0 saturated carbocycles. The van der Waals surface area contributed by atoms with Crippen LogP contribution in [0.1, 0.15) is 12.0 Å². The van der Waals surface area contributed by atoms with Crippen molar-refractivity contribution < 1.29 is 0 Å². The highest BCUT2D eigenvalue weighted by molar-refractivity contribution is 5.70. The third kappa shape index (κ3) is 3.39.